The van der Waals surface area contributed by atoms with Gasteiger partial charge in [-0.3, -0.25) is 0 Å². The van der Waals surface area contributed by atoms with Crippen molar-refractivity contribution < 1.29 is 10.2 Å². The molecule has 2 aromatic rings. The van der Waals surface area contributed by atoms with Gasteiger partial charge in [-0.05, 0) is 17.4 Å². The molecule has 0 saturated heterocycles. The fraction of sp³-hybridized carbons (Fsp3) is 0.154. The van der Waals surface area contributed by atoms with Gasteiger partial charge in [-0.1, -0.05) is 35.4 Å². The first-order valence-electron chi connectivity index (χ1n) is 6.86. The van der Waals surface area contributed by atoms with E-state index in [4.69, 9.17) is 0 Å². The number of nitrogens with zero attached hydrogens (tertiary/aromatic N) is 1. The number of hydrogen-bond acceptors (Lipinski definition) is 3. The van der Waals surface area contributed by atoms with Gasteiger partial charge in [0.25, 0.3) is 0 Å². The summed E-state index contributed by atoms with van der Waals surface area (Å²) in [6.07, 6.45) is 0.553. The lowest BCUT2D eigenvalue weighted by Gasteiger charge is -2.16. The third-order valence-electron chi connectivity index (χ3n) is 3.90. The minimum Gasteiger partial charge on any atom is -0.508 e. The Labute approximate surface area is 123 Å². The van der Waals surface area contributed by atoms with Crippen LogP contribution in [0.2, 0.25) is 0 Å². The van der Waals surface area contributed by atoms with Crippen LogP contribution in [0, 0.1) is 0 Å². The molecule has 1 heterocycles. The minimum atomic E-state index is -0.0795. The summed E-state index contributed by atoms with van der Waals surface area (Å²) in [6.45, 7) is 1.89. The Hall–Kier alpha value is -1.77. The fourth-order valence-corrected chi connectivity index (χ4v) is 2.58. The molecule has 1 aromatic heterocycles. The zero-order valence-corrected chi connectivity index (χ0v) is 12.7. The number of pyridine rings is 1. The molecule has 0 fully saturated rings. The highest BCUT2D eigenvalue weighted by Crippen LogP contribution is 2.27. The largest absolute Gasteiger partial charge is 0.508 e. The lowest BCUT2D eigenvalue weighted by molar-refractivity contribution is 0.427. The smallest absolute Gasteiger partial charge is 0.218 e. The Morgan fingerprint density at radius 2 is 1.70 bits per heavy atom. The van der Waals surface area contributed by atoms with Gasteiger partial charge < -0.3 is 10.2 Å². The summed E-state index contributed by atoms with van der Waals surface area (Å²) >= 11 is 0. The predicted molar refractivity (Wildman–Crippen MR) is 95.1 cm³/mol. The summed E-state index contributed by atoms with van der Waals surface area (Å²) in [6, 6.07) is 4.16. The van der Waals surface area contributed by atoms with Gasteiger partial charge in [-0.2, -0.15) is 0 Å². The molecule has 0 radical (unpaired) electrons. The van der Waals surface area contributed by atoms with Crippen molar-refractivity contribution in [3.63, 3.8) is 0 Å². The molecule has 0 unspecified atom stereocenters. The molecule has 0 saturated carbocycles. The molecule has 2 N–H and O–H groups in total. The third kappa shape index (κ3) is 2.33. The highest BCUT2D eigenvalue weighted by atomic mass is 16.3. The van der Waals surface area contributed by atoms with Gasteiger partial charge in [-0.15, -0.1) is 0 Å². The molecule has 0 aliphatic heterocycles. The van der Waals surface area contributed by atoms with Crippen molar-refractivity contribution in [3.8, 4) is 22.9 Å². The monoisotopic (exact) mass is 263 g/mol. The van der Waals surface area contributed by atoms with Crippen molar-refractivity contribution >= 4 is 53.2 Å². The van der Waals surface area contributed by atoms with Crippen molar-refractivity contribution in [3.05, 3.63) is 17.7 Å². The summed E-state index contributed by atoms with van der Waals surface area (Å²) in [5.41, 5.74) is 6.28. The van der Waals surface area contributed by atoms with Crippen molar-refractivity contribution in [2.75, 3.05) is 0 Å². The van der Waals surface area contributed by atoms with Crippen LogP contribution in [0.1, 0.15) is 12.5 Å². The standard InChI is InChI=1S/C13H17B4NO2/c1-2-6-12(19)10(17)11(18-13(6)20)7-3-5(14)4-8(15)9(7)16/h3-4H,2,14-17H2,1H3,(H2,18,19,20). The first kappa shape index (κ1) is 14.6. The van der Waals surface area contributed by atoms with Crippen LogP contribution < -0.4 is 21.9 Å². The van der Waals surface area contributed by atoms with Crippen molar-refractivity contribution in [1.82, 2.24) is 4.98 Å². The summed E-state index contributed by atoms with van der Waals surface area (Å²) < 4.78 is 0. The molecule has 0 bridgehead atoms. The summed E-state index contributed by atoms with van der Waals surface area (Å²) in [4.78, 5) is 4.31. The quantitative estimate of drug-likeness (QED) is 0.539. The highest BCUT2D eigenvalue weighted by molar-refractivity contribution is 6.53. The Morgan fingerprint density at radius 1 is 1.05 bits per heavy atom. The van der Waals surface area contributed by atoms with Gasteiger partial charge in [-0.25, -0.2) is 4.98 Å². The molecule has 2 rings (SSSR count). The topological polar surface area (TPSA) is 53.4 Å². The molecule has 0 amide bonds. The van der Waals surface area contributed by atoms with E-state index < -0.39 is 0 Å². The number of rotatable bonds is 2. The maximum atomic E-state index is 10.3. The van der Waals surface area contributed by atoms with E-state index in [-0.39, 0.29) is 11.6 Å². The van der Waals surface area contributed by atoms with E-state index >= 15 is 0 Å². The second kappa shape index (κ2) is 5.31. The maximum absolute atomic E-state index is 10.3. The van der Waals surface area contributed by atoms with Gasteiger partial charge in [0.2, 0.25) is 5.88 Å². The molecule has 3 nitrogen and oxygen atoms in total. The van der Waals surface area contributed by atoms with Gasteiger partial charge in [0.05, 0.1) is 11.3 Å². The van der Waals surface area contributed by atoms with Crippen molar-refractivity contribution in [2.24, 2.45) is 0 Å². The average molecular weight is 263 g/mol. The molecule has 0 aliphatic rings. The van der Waals surface area contributed by atoms with Gasteiger partial charge in [0.1, 0.15) is 37.1 Å². The van der Waals surface area contributed by atoms with Crippen LogP contribution in [-0.4, -0.2) is 46.6 Å². The summed E-state index contributed by atoms with van der Waals surface area (Å²) in [5.74, 6) is 0.0673. The molecule has 0 spiro atoms. The van der Waals surface area contributed by atoms with Gasteiger partial charge in [0.15, 0.2) is 0 Å². The predicted octanol–water partition coefficient (Wildman–Crippen LogP) is -4.24. The van der Waals surface area contributed by atoms with E-state index in [0.29, 0.717) is 23.1 Å². The van der Waals surface area contributed by atoms with Crippen LogP contribution >= 0.6 is 0 Å². The number of benzene rings is 1. The number of hydrogen-bond donors (Lipinski definition) is 2. The third-order valence-corrected chi connectivity index (χ3v) is 3.90. The molecular weight excluding hydrogens is 245 g/mol. The molecule has 7 heteroatoms. The molecule has 1 aromatic carbocycles. The van der Waals surface area contributed by atoms with Gasteiger partial charge in [0, 0.05) is 0 Å². The number of aromatic hydroxyl groups is 2. The van der Waals surface area contributed by atoms with E-state index in [1.165, 1.54) is 5.46 Å². The fourth-order valence-electron chi connectivity index (χ4n) is 2.58. The molecular formula is C13H17B4NO2. The van der Waals surface area contributed by atoms with Crippen LogP contribution in [-0.2, 0) is 6.42 Å². The van der Waals surface area contributed by atoms with Crippen LogP contribution in [0.3, 0.4) is 0 Å². The first-order valence-corrected chi connectivity index (χ1v) is 6.86. The SMILES string of the molecule is Bc1cc(B)c(B)c(-c2nc(O)c(CC)c(O)c2B)c1. The zero-order valence-electron chi connectivity index (χ0n) is 12.7. The highest BCUT2D eigenvalue weighted by Gasteiger charge is 2.17. The van der Waals surface area contributed by atoms with Gasteiger partial charge >= 0.3 is 0 Å². The van der Waals surface area contributed by atoms with E-state index in [1.54, 1.807) is 0 Å². The lowest BCUT2D eigenvalue weighted by Crippen LogP contribution is -2.33. The molecule has 20 heavy (non-hydrogen) atoms. The Morgan fingerprint density at radius 3 is 2.30 bits per heavy atom. The Balaban J connectivity index is 2.78. The second-order valence-electron chi connectivity index (χ2n) is 5.34. The van der Waals surface area contributed by atoms with Crippen LogP contribution in [0.15, 0.2) is 12.1 Å². The van der Waals surface area contributed by atoms with Crippen LogP contribution in [0.25, 0.3) is 11.3 Å². The van der Waals surface area contributed by atoms with E-state index in [9.17, 15) is 10.2 Å². The van der Waals surface area contributed by atoms with E-state index in [1.807, 2.05) is 36.5 Å². The molecule has 0 atom stereocenters. The van der Waals surface area contributed by atoms with E-state index in [0.717, 1.165) is 16.5 Å². The zero-order chi connectivity index (χ0) is 15.0. The molecule has 0 aliphatic carbocycles. The minimum absolute atomic E-state index is 0.0795. The first-order chi connectivity index (χ1) is 9.36. The average Bonchev–Trinajstić information content (AvgIpc) is 2.39. The summed E-state index contributed by atoms with van der Waals surface area (Å²) in [5, 5.41) is 20.3. The summed E-state index contributed by atoms with van der Waals surface area (Å²) in [7, 11) is 7.97. The maximum Gasteiger partial charge on any atom is 0.218 e. The van der Waals surface area contributed by atoms with E-state index in [2.05, 4.69) is 18.9 Å². The van der Waals surface area contributed by atoms with Crippen LogP contribution in [0.5, 0.6) is 11.6 Å². The molecule has 98 valence electrons. The normalized spacial score (nSPS) is 10.7. The Kier molecular flexibility index (Phi) is 3.89. The van der Waals surface area contributed by atoms with Crippen LogP contribution in [0.4, 0.5) is 0 Å². The van der Waals surface area contributed by atoms with Crippen molar-refractivity contribution in [1.29, 1.82) is 0 Å². The lowest BCUT2D eigenvalue weighted by atomic mass is 9.72. The van der Waals surface area contributed by atoms with Crippen molar-refractivity contribution in [2.45, 2.75) is 13.3 Å². The Bertz CT molecular complexity index is 689. The second-order valence-corrected chi connectivity index (χ2v) is 5.34. The number of aromatic nitrogens is 1.